The molecule has 2 aliphatic rings. The van der Waals surface area contributed by atoms with Crippen molar-refractivity contribution in [2.45, 2.75) is 25.4 Å². The highest BCUT2D eigenvalue weighted by atomic mass is 32.2. The summed E-state index contributed by atoms with van der Waals surface area (Å²) >= 11 is 0. The minimum atomic E-state index is -3.04. The highest BCUT2D eigenvalue weighted by molar-refractivity contribution is 7.91. The van der Waals surface area contributed by atoms with E-state index < -0.39 is 15.8 Å². The Hall–Kier alpha value is -1.83. The first-order valence-electron chi connectivity index (χ1n) is 7.23. The van der Waals surface area contributed by atoms with E-state index in [1.54, 1.807) is 17.2 Å². The van der Waals surface area contributed by atoms with Crippen LogP contribution < -0.4 is 5.32 Å². The molecule has 2 saturated heterocycles. The average Bonchev–Trinajstić information content (AvgIpc) is 3.16. The van der Waals surface area contributed by atoms with E-state index in [9.17, 15) is 18.0 Å². The van der Waals surface area contributed by atoms with Crippen molar-refractivity contribution < 1.29 is 22.4 Å². The minimum absolute atomic E-state index is 0.0160. The normalized spacial score (nSPS) is 27.3. The zero-order valence-electron chi connectivity index (χ0n) is 12.0. The summed E-state index contributed by atoms with van der Waals surface area (Å²) in [6.07, 6.45) is 3.70. The zero-order chi connectivity index (χ0) is 15.7. The Bertz CT molecular complexity index is 667. The number of carbonyl (C=O) groups is 2. The molecule has 8 heteroatoms. The molecule has 2 fully saturated rings. The largest absolute Gasteiger partial charge is 0.472 e. The summed E-state index contributed by atoms with van der Waals surface area (Å²) in [6.45, 7) is 0.661. The molecule has 0 aliphatic carbocycles. The van der Waals surface area contributed by atoms with Crippen LogP contribution in [0.25, 0.3) is 0 Å². The first kappa shape index (κ1) is 15.1. The maximum absolute atomic E-state index is 12.1. The van der Waals surface area contributed by atoms with Gasteiger partial charge in [-0.3, -0.25) is 9.59 Å². The van der Waals surface area contributed by atoms with Gasteiger partial charge >= 0.3 is 0 Å². The van der Waals surface area contributed by atoms with Crippen LogP contribution in [0.2, 0.25) is 0 Å². The van der Waals surface area contributed by atoms with Crippen molar-refractivity contribution in [3.05, 3.63) is 24.2 Å². The second-order valence-electron chi connectivity index (χ2n) is 5.85. The maximum atomic E-state index is 12.1. The van der Waals surface area contributed by atoms with Crippen molar-refractivity contribution >= 4 is 21.7 Å². The number of furan rings is 1. The molecule has 1 aromatic heterocycles. The molecule has 3 heterocycles. The smallest absolute Gasteiger partial charge is 0.225 e. The van der Waals surface area contributed by atoms with Gasteiger partial charge in [0, 0.05) is 31.1 Å². The Labute approximate surface area is 128 Å². The van der Waals surface area contributed by atoms with Crippen molar-refractivity contribution in [1.82, 2.24) is 10.2 Å². The van der Waals surface area contributed by atoms with Crippen molar-refractivity contribution in [1.29, 1.82) is 0 Å². The van der Waals surface area contributed by atoms with E-state index in [0.717, 1.165) is 5.56 Å². The minimum Gasteiger partial charge on any atom is -0.472 e. The average molecular weight is 326 g/mol. The van der Waals surface area contributed by atoms with Crippen LogP contribution in [0.4, 0.5) is 0 Å². The summed E-state index contributed by atoms with van der Waals surface area (Å²) in [4.78, 5) is 25.8. The van der Waals surface area contributed by atoms with Gasteiger partial charge in [0.25, 0.3) is 0 Å². The second kappa shape index (κ2) is 5.75. The predicted octanol–water partition coefficient (Wildman–Crippen LogP) is -0.0686. The first-order valence-corrected chi connectivity index (χ1v) is 9.05. The fraction of sp³-hybridized carbons (Fsp3) is 0.571. The Morgan fingerprint density at radius 2 is 2.27 bits per heavy atom. The van der Waals surface area contributed by atoms with Crippen LogP contribution in [-0.2, 0) is 26.0 Å². The molecule has 2 amide bonds. The van der Waals surface area contributed by atoms with Crippen LogP contribution >= 0.6 is 0 Å². The summed E-state index contributed by atoms with van der Waals surface area (Å²) < 4.78 is 28.0. The van der Waals surface area contributed by atoms with Gasteiger partial charge in [0.1, 0.15) is 0 Å². The van der Waals surface area contributed by atoms with E-state index in [0.29, 0.717) is 19.5 Å². The Morgan fingerprint density at radius 1 is 1.45 bits per heavy atom. The number of carbonyl (C=O) groups excluding carboxylic acids is 2. The lowest BCUT2D eigenvalue weighted by molar-refractivity contribution is -0.130. The monoisotopic (exact) mass is 326 g/mol. The molecule has 0 saturated carbocycles. The lowest BCUT2D eigenvalue weighted by Crippen LogP contribution is -2.38. The molecule has 0 radical (unpaired) electrons. The van der Waals surface area contributed by atoms with Gasteiger partial charge < -0.3 is 14.6 Å². The van der Waals surface area contributed by atoms with Gasteiger partial charge in [-0.15, -0.1) is 0 Å². The van der Waals surface area contributed by atoms with Crippen molar-refractivity contribution in [3.8, 4) is 0 Å². The van der Waals surface area contributed by atoms with Gasteiger partial charge in [-0.1, -0.05) is 0 Å². The lowest BCUT2D eigenvalue weighted by atomic mass is 10.1. The third kappa shape index (κ3) is 3.16. The van der Waals surface area contributed by atoms with Gasteiger partial charge in [-0.25, -0.2) is 8.42 Å². The third-order valence-corrected chi connectivity index (χ3v) is 5.98. The number of sulfone groups is 1. The number of nitrogens with one attached hydrogen (secondary N) is 1. The van der Waals surface area contributed by atoms with E-state index in [2.05, 4.69) is 5.32 Å². The highest BCUT2D eigenvalue weighted by Crippen LogP contribution is 2.26. The molecular weight excluding hydrogens is 308 g/mol. The molecule has 22 heavy (non-hydrogen) atoms. The number of nitrogens with zero attached hydrogens (tertiary/aromatic N) is 1. The molecule has 3 rings (SSSR count). The van der Waals surface area contributed by atoms with E-state index in [1.807, 2.05) is 0 Å². The summed E-state index contributed by atoms with van der Waals surface area (Å²) in [6, 6.07) is 1.49. The SMILES string of the molecule is O=C(NCc1ccoc1)[C@@H]1CC(=O)N([C@H]2CCS(=O)(=O)C2)C1. The van der Waals surface area contributed by atoms with Crippen LogP contribution in [-0.4, -0.2) is 49.2 Å². The van der Waals surface area contributed by atoms with Gasteiger partial charge in [0.2, 0.25) is 11.8 Å². The number of likely N-dealkylation sites (tertiary alicyclic amines) is 1. The number of hydrogen-bond donors (Lipinski definition) is 1. The molecule has 7 nitrogen and oxygen atoms in total. The first-order chi connectivity index (χ1) is 10.4. The Morgan fingerprint density at radius 3 is 2.91 bits per heavy atom. The topological polar surface area (TPSA) is 96.7 Å². The molecule has 0 spiro atoms. The molecule has 2 atom stereocenters. The third-order valence-electron chi connectivity index (χ3n) is 4.23. The van der Waals surface area contributed by atoms with E-state index >= 15 is 0 Å². The second-order valence-corrected chi connectivity index (χ2v) is 8.08. The molecule has 1 N–H and O–H groups in total. The number of hydrogen-bond acceptors (Lipinski definition) is 5. The highest BCUT2D eigenvalue weighted by Gasteiger charge is 2.41. The molecular formula is C14H18N2O5S. The van der Waals surface area contributed by atoms with Crippen molar-refractivity contribution in [3.63, 3.8) is 0 Å². The Kier molecular flexibility index (Phi) is 3.94. The molecule has 120 valence electrons. The molecule has 0 bridgehead atoms. The fourth-order valence-corrected chi connectivity index (χ4v) is 4.74. The number of amides is 2. The summed E-state index contributed by atoms with van der Waals surface area (Å²) in [5.74, 6) is -0.591. The fourth-order valence-electron chi connectivity index (χ4n) is 3.01. The Balaban J connectivity index is 1.56. The van der Waals surface area contributed by atoms with Gasteiger partial charge in [-0.05, 0) is 12.5 Å². The predicted molar refractivity (Wildman–Crippen MR) is 77.4 cm³/mol. The molecule has 2 aliphatic heterocycles. The maximum Gasteiger partial charge on any atom is 0.225 e. The van der Waals surface area contributed by atoms with Crippen molar-refractivity contribution in [2.75, 3.05) is 18.1 Å². The quantitative estimate of drug-likeness (QED) is 0.835. The summed E-state index contributed by atoms with van der Waals surface area (Å²) in [7, 11) is -3.04. The van der Waals surface area contributed by atoms with E-state index in [4.69, 9.17) is 4.42 Å². The zero-order valence-corrected chi connectivity index (χ0v) is 12.8. The van der Waals surface area contributed by atoms with Gasteiger partial charge in [-0.2, -0.15) is 0 Å². The molecule has 0 aromatic carbocycles. The number of rotatable bonds is 4. The van der Waals surface area contributed by atoms with Crippen LogP contribution in [0.15, 0.2) is 23.0 Å². The van der Waals surface area contributed by atoms with Crippen LogP contribution in [0.5, 0.6) is 0 Å². The van der Waals surface area contributed by atoms with Crippen LogP contribution in [0.1, 0.15) is 18.4 Å². The van der Waals surface area contributed by atoms with Crippen LogP contribution in [0, 0.1) is 5.92 Å². The summed E-state index contributed by atoms with van der Waals surface area (Å²) in [5.41, 5.74) is 0.858. The standard InChI is InChI=1S/C14H18N2O5S/c17-13-5-11(14(18)15-6-10-1-3-21-8-10)7-16(13)12-2-4-22(19,20)9-12/h1,3,8,11-12H,2,4-7,9H2,(H,15,18)/t11-,12+/m1/s1. The van der Waals surface area contributed by atoms with Crippen molar-refractivity contribution in [2.24, 2.45) is 5.92 Å². The molecule has 1 aromatic rings. The van der Waals surface area contributed by atoms with Gasteiger partial charge in [0.05, 0.1) is 29.9 Å². The van der Waals surface area contributed by atoms with Gasteiger partial charge in [0.15, 0.2) is 9.84 Å². The van der Waals surface area contributed by atoms with E-state index in [1.165, 1.54) is 6.26 Å². The summed E-state index contributed by atoms with van der Waals surface area (Å²) in [5, 5.41) is 2.78. The van der Waals surface area contributed by atoms with E-state index in [-0.39, 0.29) is 35.8 Å². The molecule has 0 unspecified atom stereocenters. The van der Waals surface area contributed by atoms with Crippen LogP contribution in [0.3, 0.4) is 0 Å². The lowest BCUT2D eigenvalue weighted by Gasteiger charge is -2.22.